The zero-order valence-corrected chi connectivity index (χ0v) is 12.5. The Balaban J connectivity index is 1.88. The minimum absolute atomic E-state index is 0.125. The molecule has 2 rings (SSSR count). The molecule has 1 saturated heterocycles. The first kappa shape index (κ1) is 14.4. The van der Waals surface area contributed by atoms with E-state index in [1.54, 1.807) is 23.1 Å². The topological polar surface area (TPSA) is 49.3 Å². The van der Waals surface area contributed by atoms with Crippen LogP contribution in [-0.2, 0) is 11.3 Å². The van der Waals surface area contributed by atoms with Gasteiger partial charge in [0.25, 0.3) is 0 Å². The molecule has 0 bridgehead atoms. The molecule has 1 aliphatic rings. The molecule has 1 fully saturated rings. The smallest absolute Gasteiger partial charge is 0.236 e. The number of hydrogen-bond acceptors (Lipinski definition) is 4. The number of nitrogens with one attached hydrogen (secondary N) is 1. The summed E-state index contributed by atoms with van der Waals surface area (Å²) in [5.41, 5.74) is 0. The minimum atomic E-state index is -0.253. The summed E-state index contributed by atoms with van der Waals surface area (Å²) >= 11 is 3.30. The molecule has 1 amide bonds. The van der Waals surface area contributed by atoms with Crippen molar-refractivity contribution in [2.24, 2.45) is 0 Å². The zero-order chi connectivity index (χ0) is 13.7. The molecule has 2 heterocycles. The number of aliphatic hydroxyl groups is 1. The summed E-state index contributed by atoms with van der Waals surface area (Å²) in [6.07, 6.45) is 2.08. The van der Waals surface area contributed by atoms with Crippen molar-refractivity contribution in [3.05, 3.63) is 21.9 Å². The Morgan fingerprint density at radius 1 is 1.58 bits per heavy atom. The van der Waals surface area contributed by atoms with Crippen LogP contribution in [0.5, 0.6) is 0 Å². The van der Waals surface area contributed by atoms with Crippen molar-refractivity contribution >= 4 is 29.0 Å². The van der Waals surface area contributed by atoms with E-state index in [2.05, 4.69) is 17.2 Å². The van der Waals surface area contributed by atoms with Gasteiger partial charge in [0, 0.05) is 4.88 Å². The third-order valence-electron chi connectivity index (χ3n) is 3.07. The lowest BCUT2D eigenvalue weighted by atomic mass is 10.1. The molecule has 1 aromatic rings. The second-order valence-electron chi connectivity index (χ2n) is 4.59. The van der Waals surface area contributed by atoms with Crippen LogP contribution in [0.25, 0.3) is 0 Å². The monoisotopic (exact) mass is 295 g/mol. The third kappa shape index (κ3) is 3.75. The highest BCUT2D eigenvalue weighted by atomic mass is 32.2. The highest BCUT2D eigenvalue weighted by Crippen LogP contribution is 2.37. The van der Waals surface area contributed by atoms with Gasteiger partial charge in [0.1, 0.15) is 6.61 Å². The molecule has 1 unspecified atom stereocenters. The molecule has 1 aliphatic heterocycles. The van der Waals surface area contributed by atoms with Crippen LogP contribution < -0.4 is 5.32 Å². The van der Waals surface area contributed by atoms with Crippen LogP contribution in [-0.4, -0.2) is 28.1 Å². The third-order valence-corrected chi connectivity index (χ3v) is 5.59. The van der Waals surface area contributed by atoms with Gasteiger partial charge in [-0.05, 0) is 37.7 Å². The predicted molar refractivity (Wildman–Crippen MR) is 80.2 cm³/mol. The molecule has 2 N–H and O–H groups in total. The highest BCUT2D eigenvalue weighted by molar-refractivity contribution is 8.01. The van der Waals surface area contributed by atoms with Gasteiger partial charge in [-0.3, -0.25) is 4.79 Å². The first-order valence-electron chi connectivity index (χ1n) is 6.25. The molecule has 0 aromatic carbocycles. The number of carbonyl (C=O) groups excluding carboxylic acids is 1. The van der Waals surface area contributed by atoms with E-state index >= 15 is 0 Å². The van der Waals surface area contributed by atoms with E-state index in [1.165, 1.54) is 0 Å². The van der Waals surface area contributed by atoms with Crippen LogP contribution in [0.3, 0.4) is 0 Å². The van der Waals surface area contributed by atoms with Crippen molar-refractivity contribution in [1.29, 1.82) is 0 Å². The maximum atomic E-state index is 12.1. The number of amides is 1. The molecular weight excluding hydrogens is 278 g/mol. The van der Waals surface area contributed by atoms with Crippen molar-refractivity contribution < 1.29 is 9.90 Å². The van der Waals surface area contributed by atoms with E-state index in [0.29, 0.717) is 6.54 Å². The number of aliphatic hydroxyl groups excluding tert-OH is 1. The Hall–Kier alpha value is -0.960. The summed E-state index contributed by atoms with van der Waals surface area (Å²) in [6, 6.07) is 3.89. The quantitative estimate of drug-likeness (QED) is 0.839. The lowest BCUT2D eigenvalue weighted by Crippen LogP contribution is -2.39. The largest absolute Gasteiger partial charge is 0.384 e. The van der Waals surface area contributed by atoms with Crippen molar-refractivity contribution in [2.75, 3.05) is 12.4 Å². The predicted octanol–water partition coefficient (Wildman–Crippen LogP) is 1.99. The second-order valence-corrected chi connectivity index (χ2v) is 7.36. The number of rotatable bonds is 3. The Bertz CT molecular complexity index is 507. The molecule has 19 heavy (non-hydrogen) atoms. The molecular formula is C14H17NO2S2. The van der Waals surface area contributed by atoms with E-state index in [-0.39, 0.29) is 17.3 Å². The normalized spacial score (nSPS) is 21.8. The van der Waals surface area contributed by atoms with Gasteiger partial charge < -0.3 is 10.4 Å². The fourth-order valence-electron chi connectivity index (χ4n) is 1.98. The van der Waals surface area contributed by atoms with Crippen molar-refractivity contribution in [3.63, 3.8) is 0 Å². The lowest BCUT2D eigenvalue weighted by molar-refractivity contribution is -0.123. The van der Waals surface area contributed by atoms with Gasteiger partial charge in [0.05, 0.1) is 16.2 Å². The average Bonchev–Trinajstić information content (AvgIpc) is 3.03. The summed E-state index contributed by atoms with van der Waals surface area (Å²) < 4.78 is -0.253. The Morgan fingerprint density at radius 3 is 3.11 bits per heavy atom. The summed E-state index contributed by atoms with van der Waals surface area (Å²) in [6.45, 7) is 2.45. The number of thioether (sulfide) groups is 1. The average molecular weight is 295 g/mol. The molecule has 1 aromatic heterocycles. The summed E-state index contributed by atoms with van der Waals surface area (Å²) in [7, 11) is 0. The zero-order valence-electron chi connectivity index (χ0n) is 10.9. The van der Waals surface area contributed by atoms with Crippen LogP contribution in [0.15, 0.2) is 12.1 Å². The molecule has 1 atom stereocenters. The SMILES string of the molecule is CC1(C(=O)NCc2ccc(C#CCO)s2)CCCS1. The van der Waals surface area contributed by atoms with Gasteiger partial charge in [-0.2, -0.15) is 0 Å². The van der Waals surface area contributed by atoms with Gasteiger partial charge in [-0.15, -0.1) is 23.1 Å². The molecule has 3 nitrogen and oxygen atoms in total. The van der Waals surface area contributed by atoms with Gasteiger partial charge in [0.15, 0.2) is 0 Å². The van der Waals surface area contributed by atoms with E-state index in [9.17, 15) is 4.79 Å². The van der Waals surface area contributed by atoms with E-state index in [0.717, 1.165) is 28.3 Å². The maximum Gasteiger partial charge on any atom is 0.236 e. The van der Waals surface area contributed by atoms with Crippen molar-refractivity contribution in [3.8, 4) is 11.8 Å². The molecule has 102 valence electrons. The molecule has 0 spiro atoms. The summed E-state index contributed by atoms with van der Waals surface area (Å²) in [5, 5.41) is 11.6. The van der Waals surface area contributed by atoms with Gasteiger partial charge in [0.2, 0.25) is 5.91 Å². The van der Waals surface area contributed by atoms with E-state index < -0.39 is 0 Å². The number of carbonyl (C=O) groups is 1. The van der Waals surface area contributed by atoms with Gasteiger partial charge in [-0.1, -0.05) is 11.8 Å². The molecule has 0 radical (unpaired) electrons. The molecule has 0 aliphatic carbocycles. The first-order valence-corrected chi connectivity index (χ1v) is 8.05. The molecule has 5 heteroatoms. The molecule has 0 saturated carbocycles. The van der Waals surface area contributed by atoms with Crippen LogP contribution in [0.1, 0.15) is 29.5 Å². The second kappa shape index (κ2) is 6.47. The number of thiophene rings is 1. The summed E-state index contributed by atoms with van der Waals surface area (Å²) in [5.74, 6) is 6.69. The van der Waals surface area contributed by atoms with Crippen LogP contribution in [0, 0.1) is 11.8 Å². The highest BCUT2D eigenvalue weighted by Gasteiger charge is 2.36. The fourth-order valence-corrected chi connectivity index (χ4v) is 4.03. The fraction of sp³-hybridized carbons (Fsp3) is 0.500. The van der Waals surface area contributed by atoms with E-state index in [4.69, 9.17) is 5.11 Å². The number of hydrogen-bond donors (Lipinski definition) is 2. The van der Waals surface area contributed by atoms with Crippen LogP contribution in [0.4, 0.5) is 0 Å². The van der Waals surface area contributed by atoms with Gasteiger partial charge in [-0.25, -0.2) is 0 Å². The van der Waals surface area contributed by atoms with Crippen molar-refractivity contribution in [2.45, 2.75) is 31.1 Å². The minimum Gasteiger partial charge on any atom is -0.384 e. The van der Waals surface area contributed by atoms with Crippen LogP contribution in [0.2, 0.25) is 0 Å². The standard InChI is InChI=1S/C14H17NO2S2/c1-14(7-3-9-18-14)13(17)15-10-12-6-5-11(19-12)4-2-8-16/h5-6,16H,3,7-10H2,1H3,(H,15,17). The van der Waals surface area contributed by atoms with Gasteiger partial charge >= 0.3 is 0 Å². The first-order chi connectivity index (χ1) is 9.14. The maximum absolute atomic E-state index is 12.1. The van der Waals surface area contributed by atoms with Crippen molar-refractivity contribution in [1.82, 2.24) is 5.32 Å². The summed E-state index contributed by atoms with van der Waals surface area (Å²) in [4.78, 5) is 14.1. The van der Waals surface area contributed by atoms with E-state index in [1.807, 2.05) is 19.1 Å². The Labute approximate surface area is 121 Å². The van der Waals surface area contributed by atoms with Crippen LogP contribution >= 0.6 is 23.1 Å². The lowest BCUT2D eigenvalue weighted by Gasteiger charge is -2.21. The Morgan fingerprint density at radius 2 is 2.42 bits per heavy atom. The Kier molecular flexibility index (Phi) is 4.92.